The Kier molecular flexibility index (Phi) is 6.72. The Morgan fingerprint density at radius 3 is 2.92 bits per heavy atom. The number of esters is 1. The van der Waals surface area contributed by atoms with Crippen molar-refractivity contribution in [2.45, 2.75) is 39.2 Å². The summed E-state index contributed by atoms with van der Waals surface area (Å²) in [5.41, 5.74) is 0. The number of carbonyl (C=O) groups is 1. The number of ether oxygens (including phenoxy) is 1. The minimum absolute atomic E-state index is 0.257. The third-order valence-electron chi connectivity index (χ3n) is 1.47. The predicted octanol–water partition coefficient (Wildman–Crippen LogP) is 2.30. The predicted molar refractivity (Wildman–Crippen MR) is 53.1 cm³/mol. The van der Waals surface area contributed by atoms with Gasteiger partial charge in [-0.15, -0.1) is 0 Å². The lowest BCUT2D eigenvalue weighted by Gasteiger charge is -2.03. The molecule has 1 atom stereocenters. The largest absolute Gasteiger partial charge is 0.449 e. The third-order valence-corrected chi connectivity index (χ3v) is 1.47. The first-order valence-electron chi connectivity index (χ1n) is 4.52. The van der Waals surface area contributed by atoms with Crippen molar-refractivity contribution in [3.8, 4) is 11.8 Å². The van der Waals surface area contributed by atoms with Gasteiger partial charge in [-0.25, -0.2) is 4.79 Å². The van der Waals surface area contributed by atoms with Crippen molar-refractivity contribution in [3.05, 3.63) is 12.7 Å². The van der Waals surface area contributed by atoms with Gasteiger partial charge < -0.3 is 4.74 Å². The SMILES string of the molecule is C=CC(C)OC(=O)C#CCCCC. The van der Waals surface area contributed by atoms with E-state index in [4.69, 9.17) is 4.74 Å². The van der Waals surface area contributed by atoms with Crippen molar-refractivity contribution < 1.29 is 9.53 Å². The highest BCUT2D eigenvalue weighted by atomic mass is 16.5. The van der Waals surface area contributed by atoms with E-state index in [1.807, 2.05) is 0 Å². The number of hydrogen-bond donors (Lipinski definition) is 0. The second kappa shape index (κ2) is 7.42. The van der Waals surface area contributed by atoms with E-state index in [9.17, 15) is 4.79 Å². The van der Waals surface area contributed by atoms with Gasteiger partial charge in [0.25, 0.3) is 0 Å². The molecule has 0 bridgehead atoms. The van der Waals surface area contributed by atoms with Crippen molar-refractivity contribution >= 4 is 5.97 Å². The lowest BCUT2D eigenvalue weighted by molar-refractivity contribution is -0.139. The summed E-state index contributed by atoms with van der Waals surface area (Å²) in [5.74, 6) is 4.71. The molecule has 72 valence electrons. The van der Waals surface area contributed by atoms with Crippen LogP contribution in [0.3, 0.4) is 0 Å². The van der Waals surface area contributed by atoms with Crippen LogP contribution in [0.15, 0.2) is 12.7 Å². The molecular weight excluding hydrogens is 164 g/mol. The highest BCUT2D eigenvalue weighted by Gasteiger charge is 2.00. The van der Waals surface area contributed by atoms with Crippen molar-refractivity contribution in [2.75, 3.05) is 0 Å². The number of rotatable bonds is 4. The summed E-state index contributed by atoms with van der Waals surface area (Å²) >= 11 is 0. The molecule has 2 nitrogen and oxygen atoms in total. The van der Waals surface area contributed by atoms with Crippen LogP contribution in [0.4, 0.5) is 0 Å². The van der Waals surface area contributed by atoms with Crippen LogP contribution < -0.4 is 0 Å². The van der Waals surface area contributed by atoms with E-state index < -0.39 is 5.97 Å². The number of carbonyl (C=O) groups excluding carboxylic acids is 1. The summed E-state index contributed by atoms with van der Waals surface area (Å²) in [4.78, 5) is 10.9. The number of unbranched alkanes of at least 4 members (excludes halogenated alkanes) is 2. The molecule has 0 spiro atoms. The minimum Gasteiger partial charge on any atom is -0.449 e. The van der Waals surface area contributed by atoms with Gasteiger partial charge in [0.15, 0.2) is 0 Å². The van der Waals surface area contributed by atoms with Crippen molar-refractivity contribution in [1.82, 2.24) is 0 Å². The summed E-state index contributed by atoms with van der Waals surface area (Å²) in [6, 6.07) is 0. The van der Waals surface area contributed by atoms with E-state index in [2.05, 4.69) is 25.3 Å². The molecule has 0 saturated carbocycles. The smallest absolute Gasteiger partial charge is 0.384 e. The highest BCUT2D eigenvalue weighted by Crippen LogP contribution is 1.93. The van der Waals surface area contributed by atoms with Crippen LogP contribution in [-0.4, -0.2) is 12.1 Å². The Morgan fingerprint density at radius 2 is 2.38 bits per heavy atom. The topological polar surface area (TPSA) is 26.3 Å². The molecule has 0 aliphatic rings. The van der Waals surface area contributed by atoms with Gasteiger partial charge in [-0.3, -0.25) is 0 Å². The van der Waals surface area contributed by atoms with Gasteiger partial charge in [0.1, 0.15) is 6.10 Å². The molecule has 13 heavy (non-hydrogen) atoms. The number of hydrogen-bond acceptors (Lipinski definition) is 2. The van der Waals surface area contributed by atoms with Gasteiger partial charge in [0.2, 0.25) is 0 Å². The fourth-order valence-corrected chi connectivity index (χ4v) is 0.646. The summed E-state index contributed by atoms with van der Waals surface area (Å²) in [6.45, 7) is 7.33. The van der Waals surface area contributed by atoms with E-state index in [-0.39, 0.29) is 6.10 Å². The molecule has 0 rings (SSSR count). The monoisotopic (exact) mass is 180 g/mol. The summed E-state index contributed by atoms with van der Waals surface area (Å²) in [7, 11) is 0. The zero-order valence-electron chi connectivity index (χ0n) is 8.30. The van der Waals surface area contributed by atoms with E-state index >= 15 is 0 Å². The molecular formula is C11H16O2. The van der Waals surface area contributed by atoms with Crippen LogP contribution >= 0.6 is 0 Å². The van der Waals surface area contributed by atoms with E-state index in [1.165, 1.54) is 0 Å². The molecule has 0 N–H and O–H groups in total. The third kappa shape index (κ3) is 7.14. The fraction of sp³-hybridized carbons (Fsp3) is 0.545. The Labute approximate surface area is 80.0 Å². The van der Waals surface area contributed by atoms with Crippen molar-refractivity contribution in [1.29, 1.82) is 0 Å². The molecule has 1 unspecified atom stereocenters. The van der Waals surface area contributed by atoms with Gasteiger partial charge >= 0.3 is 5.97 Å². The summed E-state index contributed by atoms with van der Waals surface area (Å²) in [5, 5.41) is 0. The molecule has 0 radical (unpaired) electrons. The standard InChI is InChI=1S/C11H16O2/c1-4-6-7-8-9-11(12)13-10(3)5-2/h5,10H,2,4,6-7H2,1,3H3. The normalized spacial score (nSPS) is 10.9. The Morgan fingerprint density at radius 1 is 1.69 bits per heavy atom. The molecule has 0 aliphatic heterocycles. The Hall–Kier alpha value is -1.23. The molecule has 0 heterocycles. The maximum atomic E-state index is 10.9. The van der Waals surface area contributed by atoms with Gasteiger partial charge in [0, 0.05) is 12.3 Å². The van der Waals surface area contributed by atoms with Crippen molar-refractivity contribution in [2.24, 2.45) is 0 Å². The maximum Gasteiger partial charge on any atom is 0.384 e. The zero-order valence-corrected chi connectivity index (χ0v) is 8.30. The first-order chi connectivity index (χ1) is 6.20. The van der Waals surface area contributed by atoms with Gasteiger partial charge in [0.05, 0.1) is 0 Å². The molecule has 0 saturated heterocycles. The lowest BCUT2D eigenvalue weighted by Crippen LogP contribution is -2.09. The molecule has 0 aromatic rings. The summed E-state index contributed by atoms with van der Waals surface area (Å²) in [6.07, 6.45) is 4.18. The van der Waals surface area contributed by atoms with Gasteiger partial charge in [-0.2, -0.15) is 0 Å². The van der Waals surface area contributed by atoms with Gasteiger partial charge in [-0.1, -0.05) is 31.9 Å². The Bertz CT molecular complexity index is 220. The van der Waals surface area contributed by atoms with Crippen LogP contribution in [-0.2, 0) is 9.53 Å². The second-order valence-corrected chi connectivity index (χ2v) is 2.75. The van der Waals surface area contributed by atoms with Crippen LogP contribution in [0.25, 0.3) is 0 Å². The molecule has 0 aromatic carbocycles. The van der Waals surface area contributed by atoms with E-state index in [0.717, 1.165) is 19.3 Å². The van der Waals surface area contributed by atoms with Crippen molar-refractivity contribution in [3.63, 3.8) is 0 Å². The quantitative estimate of drug-likeness (QED) is 0.218. The molecule has 0 aliphatic carbocycles. The zero-order chi connectivity index (χ0) is 10.1. The first-order valence-corrected chi connectivity index (χ1v) is 4.52. The molecule has 0 fully saturated rings. The molecule has 0 aromatic heterocycles. The van der Waals surface area contributed by atoms with Gasteiger partial charge in [-0.05, 0) is 13.3 Å². The fourth-order valence-electron chi connectivity index (χ4n) is 0.646. The van der Waals surface area contributed by atoms with E-state index in [1.54, 1.807) is 13.0 Å². The molecule has 0 amide bonds. The highest BCUT2D eigenvalue weighted by molar-refractivity contribution is 5.88. The second-order valence-electron chi connectivity index (χ2n) is 2.75. The lowest BCUT2D eigenvalue weighted by atomic mass is 10.2. The molecule has 2 heteroatoms. The average molecular weight is 180 g/mol. The minimum atomic E-state index is -0.469. The first kappa shape index (κ1) is 11.8. The van der Waals surface area contributed by atoms with Crippen LogP contribution in [0.1, 0.15) is 33.1 Å². The Balaban J connectivity index is 3.70. The van der Waals surface area contributed by atoms with Crippen LogP contribution in [0, 0.1) is 11.8 Å². The maximum absolute atomic E-state index is 10.9. The van der Waals surface area contributed by atoms with E-state index in [0.29, 0.717) is 0 Å². The van der Waals surface area contributed by atoms with Crippen LogP contribution in [0.5, 0.6) is 0 Å². The average Bonchev–Trinajstić information content (AvgIpc) is 2.12. The summed E-state index contributed by atoms with van der Waals surface area (Å²) < 4.78 is 4.85. The van der Waals surface area contributed by atoms with Crippen LogP contribution in [0.2, 0.25) is 0 Å².